The number of hydrogen-bond donors (Lipinski definition) is 2. The highest BCUT2D eigenvalue weighted by molar-refractivity contribution is 5.67. The molecule has 0 heterocycles. The Labute approximate surface area is 102 Å². The van der Waals surface area contributed by atoms with Crippen LogP contribution in [0.25, 0.3) is 0 Å². The molecule has 0 aliphatic heterocycles. The van der Waals surface area contributed by atoms with Gasteiger partial charge in [0.1, 0.15) is 5.75 Å². The summed E-state index contributed by atoms with van der Waals surface area (Å²) in [7, 11) is 3.42. The van der Waals surface area contributed by atoms with Crippen molar-refractivity contribution in [3.63, 3.8) is 0 Å². The molecule has 0 radical (unpaired) electrons. The zero-order valence-corrected chi connectivity index (χ0v) is 10.5. The molecule has 1 rings (SSSR count). The lowest BCUT2D eigenvalue weighted by Crippen LogP contribution is -2.30. The molecule has 4 heteroatoms. The van der Waals surface area contributed by atoms with Gasteiger partial charge in [0.25, 0.3) is 0 Å². The number of carboxylic acids is 1. The van der Waals surface area contributed by atoms with Crippen LogP contribution in [0.5, 0.6) is 5.75 Å². The molecule has 1 aromatic carbocycles. The van der Waals surface area contributed by atoms with Crippen molar-refractivity contribution in [1.82, 2.24) is 5.32 Å². The van der Waals surface area contributed by atoms with Gasteiger partial charge in [-0.05, 0) is 43.7 Å². The number of nitrogens with one attached hydrogen (secondary N) is 1. The smallest absolute Gasteiger partial charge is 0.304 e. The first-order valence-electron chi connectivity index (χ1n) is 5.59. The van der Waals surface area contributed by atoms with Crippen LogP contribution in [-0.2, 0) is 11.2 Å². The number of rotatable bonds is 6. The number of aliphatic carboxylic acids is 1. The number of benzene rings is 1. The molecule has 0 saturated heterocycles. The first-order chi connectivity index (χ1) is 8.06. The minimum Gasteiger partial charge on any atom is -0.497 e. The van der Waals surface area contributed by atoms with E-state index in [0.29, 0.717) is 6.42 Å². The van der Waals surface area contributed by atoms with Gasteiger partial charge in [0.2, 0.25) is 0 Å². The summed E-state index contributed by atoms with van der Waals surface area (Å²) in [5, 5.41) is 11.8. The molecule has 0 saturated carbocycles. The molecule has 0 spiro atoms. The van der Waals surface area contributed by atoms with Crippen LogP contribution in [0.3, 0.4) is 0 Å². The van der Waals surface area contributed by atoms with E-state index >= 15 is 0 Å². The summed E-state index contributed by atoms with van der Waals surface area (Å²) in [4.78, 5) is 10.7. The monoisotopic (exact) mass is 237 g/mol. The van der Waals surface area contributed by atoms with Crippen LogP contribution >= 0.6 is 0 Å². The Balaban J connectivity index is 2.75. The Morgan fingerprint density at radius 1 is 1.53 bits per heavy atom. The van der Waals surface area contributed by atoms with Crippen LogP contribution < -0.4 is 10.1 Å². The van der Waals surface area contributed by atoms with Crippen LogP contribution in [0.1, 0.15) is 17.5 Å². The van der Waals surface area contributed by atoms with Gasteiger partial charge >= 0.3 is 5.97 Å². The van der Waals surface area contributed by atoms with Gasteiger partial charge in [-0.3, -0.25) is 4.79 Å². The van der Waals surface area contributed by atoms with Gasteiger partial charge in [0, 0.05) is 6.04 Å². The van der Waals surface area contributed by atoms with Crippen LogP contribution in [-0.4, -0.2) is 31.3 Å². The normalized spacial score (nSPS) is 12.2. The number of carbonyl (C=O) groups is 1. The average molecular weight is 237 g/mol. The van der Waals surface area contributed by atoms with Crippen molar-refractivity contribution in [2.75, 3.05) is 14.2 Å². The summed E-state index contributed by atoms with van der Waals surface area (Å²) in [6, 6.07) is 5.80. The van der Waals surface area contributed by atoms with Crippen molar-refractivity contribution >= 4 is 5.97 Å². The summed E-state index contributed by atoms with van der Waals surface area (Å²) in [5.41, 5.74) is 2.27. The van der Waals surface area contributed by atoms with Crippen molar-refractivity contribution in [1.29, 1.82) is 0 Å². The van der Waals surface area contributed by atoms with Gasteiger partial charge in [0.15, 0.2) is 0 Å². The summed E-state index contributed by atoms with van der Waals surface area (Å²) in [6.07, 6.45) is 0.834. The van der Waals surface area contributed by atoms with Crippen molar-refractivity contribution in [2.24, 2.45) is 0 Å². The third-order valence-electron chi connectivity index (χ3n) is 2.85. The van der Waals surface area contributed by atoms with Crippen molar-refractivity contribution in [3.8, 4) is 5.75 Å². The quantitative estimate of drug-likeness (QED) is 0.789. The second kappa shape index (κ2) is 6.25. The van der Waals surface area contributed by atoms with Gasteiger partial charge in [-0.2, -0.15) is 0 Å². The SMILES string of the molecule is CNC(CC(=O)O)Cc1ccc(OC)cc1C. The van der Waals surface area contributed by atoms with Crippen LogP contribution in [0, 0.1) is 6.92 Å². The lowest BCUT2D eigenvalue weighted by Gasteiger charge is -2.16. The van der Waals surface area contributed by atoms with E-state index in [1.165, 1.54) is 0 Å². The zero-order chi connectivity index (χ0) is 12.8. The summed E-state index contributed by atoms with van der Waals surface area (Å²) in [5.74, 6) is 0.0426. The second-order valence-corrected chi connectivity index (χ2v) is 4.08. The average Bonchev–Trinajstić information content (AvgIpc) is 2.29. The highest BCUT2D eigenvalue weighted by atomic mass is 16.5. The number of methoxy groups -OCH3 is 1. The zero-order valence-electron chi connectivity index (χ0n) is 10.5. The Morgan fingerprint density at radius 2 is 2.24 bits per heavy atom. The lowest BCUT2D eigenvalue weighted by atomic mass is 9.99. The molecule has 0 amide bonds. The van der Waals surface area contributed by atoms with Crippen LogP contribution in [0.4, 0.5) is 0 Å². The fourth-order valence-corrected chi connectivity index (χ4v) is 1.78. The fraction of sp³-hybridized carbons (Fsp3) is 0.462. The Morgan fingerprint density at radius 3 is 2.71 bits per heavy atom. The lowest BCUT2D eigenvalue weighted by molar-refractivity contribution is -0.137. The minimum absolute atomic E-state index is 0.0420. The second-order valence-electron chi connectivity index (χ2n) is 4.08. The van der Waals surface area contributed by atoms with Gasteiger partial charge in [-0.25, -0.2) is 0 Å². The molecule has 17 heavy (non-hydrogen) atoms. The van der Waals surface area contributed by atoms with E-state index in [4.69, 9.17) is 9.84 Å². The number of carboxylic acid groups (broad SMARTS) is 1. The molecule has 0 bridgehead atoms. The molecule has 1 atom stereocenters. The van der Waals surface area contributed by atoms with Gasteiger partial charge < -0.3 is 15.2 Å². The first kappa shape index (κ1) is 13.5. The number of likely N-dealkylation sites (N-methyl/N-ethyl adjacent to an activating group) is 1. The molecular weight excluding hydrogens is 218 g/mol. The highest BCUT2D eigenvalue weighted by Gasteiger charge is 2.13. The van der Waals surface area contributed by atoms with Crippen LogP contribution in [0.15, 0.2) is 18.2 Å². The molecule has 0 fully saturated rings. The topological polar surface area (TPSA) is 58.6 Å². The maximum absolute atomic E-state index is 10.7. The molecule has 2 N–H and O–H groups in total. The molecular formula is C13H19NO3. The van der Waals surface area contributed by atoms with Crippen molar-refractivity contribution in [2.45, 2.75) is 25.8 Å². The van der Waals surface area contributed by atoms with E-state index in [1.54, 1.807) is 14.2 Å². The fourth-order valence-electron chi connectivity index (χ4n) is 1.78. The largest absolute Gasteiger partial charge is 0.497 e. The maximum Gasteiger partial charge on any atom is 0.304 e. The Hall–Kier alpha value is -1.55. The van der Waals surface area contributed by atoms with Gasteiger partial charge in [0.05, 0.1) is 13.5 Å². The summed E-state index contributed by atoms with van der Waals surface area (Å²) in [6.45, 7) is 2.01. The Kier molecular flexibility index (Phi) is 4.97. The standard InChI is InChI=1S/C13H19NO3/c1-9-6-12(17-3)5-4-10(9)7-11(14-2)8-13(15)16/h4-6,11,14H,7-8H2,1-3H3,(H,15,16). The minimum atomic E-state index is -0.782. The van der Waals surface area contributed by atoms with E-state index < -0.39 is 5.97 Å². The highest BCUT2D eigenvalue weighted by Crippen LogP contribution is 2.18. The molecule has 0 aromatic heterocycles. The number of ether oxygens (including phenoxy) is 1. The molecule has 0 aliphatic carbocycles. The first-order valence-corrected chi connectivity index (χ1v) is 5.59. The molecule has 0 aliphatic rings. The van der Waals surface area contributed by atoms with Crippen LogP contribution in [0.2, 0.25) is 0 Å². The summed E-state index contributed by atoms with van der Waals surface area (Å²) < 4.78 is 5.14. The van der Waals surface area contributed by atoms with E-state index in [1.807, 2.05) is 25.1 Å². The number of aryl methyl sites for hydroxylation is 1. The third-order valence-corrected chi connectivity index (χ3v) is 2.85. The Bertz CT molecular complexity index is 390. The molecule has 4 nitrogen and oxygen atoms in total. The van der Waals surface area contributed by atoms with E-state index in [-0.39, 0.29) is 12.5 Å². The summed E-state index contributed by atoms with van der Waals surface area (Å²) >= 11 is 0. The van der Waals surface area contributed by atoms with E-state index in [0.717, 1.165) is 16.9 Å². The maximum atomic E-state index is 10.7. The van der Waals surface area contributed by atoms with Gasteiger partial charge in [-0.1, -0.05) is 6.07 Å². The van der Waals surface area contributed by atoms with Gasteiger partial charge in [-0.15, -0.1) is 0 Å². The third kappa shape index (κ3) is 4.07. The van der Waals surface area contributed by atoms with Crippen molar-refractivity contribution in [3.05, 3.63) is 29.3 Å². The predicted octanol–water partition coefficient (Wildman–Crippen LogP) is 1.61. The molecule has 1 aromatic rings. The van der Waals surface area contributed by atoms with E-state index in [9.17, 15) is 4.79 Å². The van der Waals surface area contributed by atoms with Crippen molar-refractivity contribution < 1.29 is 14.6 Å². The van der Waals surface area contributed by atoms with E-state index in [2.05, 4.69) is 5.32 Å². The number of hydrogen-bond acceptors (Lipinski definition) is 3. The molecule has 94 valence electrons. The predicted molar refractivity (Wildman–Crippen MR) is 66.5 cm³/mol. The molecule has 1 unspecified atom stereocenters.